The Bertz CT molecular complexity index is 1510. The molecule has 1 saturated carbocycles. The van der Waals surface area contributed by atoms with Crippen molar-refractivity contribution in [3.63, 3.8) is 0 Å². The first kappa shape index (κ1) is 27.4. The summed E-state index contributed by atoms with van der Waals surface area (Å²) in [5.41, 5.74) is 0.864. The Balaban J connectivity index is 1.37. The number of carbonyl (C=O) groups excluding carboxylic acids is 1. The largest absolute Gasteiger partial charge is 0.481 e. The second-order valence-electron chi connectivity index (χ2n) is 10.6. The Morgan fingerprint density at radius 1 is 0.949 bits per heavy atom. The van der Waals surface area contributed by atoms with E-state index >= 15 is 0 Å². The van der Waals surface area contributed by atoms with Gasteiger partial charge >= 0.3 is 5.97 Å². The highest BCUT2D eigenvalue weighted by molar-refractivity contribution is 8.00. The minimum atomic E-state index is -3.59. The molecule has 39 heavy (non-hydrogen) atoms. The summed E-state index contributed by atoms with van der Waals surface area (Å²) in [5, 5.41) is 0. The lowest BCUT2D eigenvalue weighted by Crippen LogP contribution is -2.29. The van der Waals surface area contributed by atoms with Crippen molar-refractivity contribution in [3.8, 4) is 17.6 Å². The molecule has 7 heteroatoms. The summed E-state index contributed by atoms with van der Waals surface area (Å²) in [7, 11) is -4.20. The molecule has 0 amide bonds. The number of ether oxygens (including phenoxy) is 2. The fourth-order valence-corrected chi connectivity index (χ4v) is 10.1. The van der Waals surface area contributed by atoms with Crippen LogP contribution < -0.4 is 4.74 Å². The molecule has 3 aromatic carbocycles. The molecule has 202 valence electrons. The van der Waals surface area contributed by atoms with Crippen LogP contribution in [0.4, 0.5) is 0 Å². The number of hydrogen-bond donors (Lipinski definition) is 0. The molecule has 1 aliphatic carbocycles. The third-order valence-electron chi connectivity index (χ3n) is 7.02. The van der Waals surface area contributed by atoms with Crippen LogP contribution in [0.15, 0.2) is 85.1 Å². The van der Waals surface area contributed by atoms with E-state index in [4.69, 9.17) is 9.47 Å². The van der Waals surface area contributed by atoms with Gasteiger partial charge in [-0.15, -0.1) is 0 Å². The lowest BCUT2D eigenvalue weighted by Gasteiger charge is -2.21. The Kier molecular flexibility index (Phi) is 7.54. The fraction of sp³-hybridized carbons (Fsp3) is 0.344. The predicted molar refractivity (Wildman–Crippen MR) is 152 cm³/mol. The number of carbonyl (C=O) groups is 1. The Hall–Kier alpha value is -3.21. The number of esters is 1. The van der Waals surface area contributed by atoms with Crippen molar-refractivity contribution < 1.29 is 22.7 Å². The summed E-state index contributed by atoms with van der Waals surface area (Å²) in [6, 6.07) is 18.5. The van der Waals surface area contributed by atoms with Gasteiger partial charge in [-0.25, -0.2) is 13.2 Å². The fourth-order valence-electron chi connectivity index (χ4n) is 5.25. The molecule has 5 rings (SSSR count). The molecule has 0 saturated heterocycles. The zero-order valence-electron chi connectivity index (χ0n) is 22.7. The van der Waals surface area contributed by atoms with Gasteiger partial charge in [-0.2, -0.15) is 0 Å². The molecule has 5 nitrogen and oxygen atoms in total. The molecule has 0 atom stereocenters. The van der Waals surface area contributed by atoms with Gasteiger partial charge in [0.15, 0.2) is 26.9 Å². The first-order chi connectivity index (χ1) is 18.6. The molecule has 0 N–H and O–H groups in total. The molecule has 0 bridgehead atoms. The number of fused-ring (bicyclic) bond motifs is 2. The summed E-state index contributed by atoms with van der Waals surface area (Å²) in [5.74, 6) is 6.95. The molecule has 1 fully saturated rings. The first-order valence-corrected chi connectivity index (χ1v) is 15.9. The van der Waals surface area contributed by atoms with E-state index in [1.807, 2.05) is 50.2 Å². The van der Waals surface area contributed by atoms with E-state index < -0.39 is 32.3 Å². The average Bonchev–Trinajstić information content (AvgIpc) is 3.41. The molecule has 0 unspecified atom stereocenters. The van der Waals surface area contributed by atoms with Crippen LogP contribution in [0.2, 0.25) is 0 Å². The Labute approximate surface area is 234 Å². The standard InChI is InChI=1S/C32H33O5S2/c1-22-19-25(38-26-13-7-9-15-28(26)39(34,35)29-16-10-8-14-27(29)38)20-23(2)31(22)36-21-30(33)37-32(3,4)18-17-24-11-5-6-12-24/h7-10,13-16,19-20,24H,5-6,11-12,21H2,1-4H3/q+1. The summed E-state index contributed by atoms with van der Waals surface area (Å²) < 4.78 is 38.3. The third kappa shape index (κ3) is 5.59. The van der Waals surface area contributed by atoms with Crippen molar-refractivity contribution in [1.82, 2.24) is 0 Å². The van der Waals surface area contributed by atoms with Crippen molar-refractivity contribution in [2.75, 3.05) is 6.61 Å². The van der Waals surface area contributed by atoms with Crippen LogP contribution in [0.1, 0.15) is 50.7 Å². The van der Waals surface area contributed by atoms with Gasteiger partial charge in [-0.1, -0.05) is 48.9 Å². The molecule has 1 heterocycles. The van der Waals surface area contributed by atoms with Crippen LogP contribution >= 0.6 is 0 Å². The van der Waals surface area contributed by atoms with Crippen molar-refractivity contribution in [2.45, 2.75) is 83.5 Å². The molecule has 2 aliphatic rings. The van der Waals surface area contributed by atoms with Gasteiger partial charge < -0.3 is 9.47 Å². The molecule has 0 aromatic heterocycles. The highest BCUT2D eigenvalue weighted by atomic mass is 32.2. The zero-order chi connectivity index (χ0) is 27.8. The summed E-state index contributed by atoms with van der Waals surface area (Å²) >= 11 is 0. The monoisotopic (exact) mass is 561 g/mol. The normalized spacial score (nSPS) is 16.5. The van der Waals surface area contributed by atoms with Crippen LogP contribution in [0.25, 0.3) is 0 Å². The van der Waals surface area contributed by atoms with Crippen LogP contribution in [0.5, 0.6) is 5.75 Å². The molecular weight excluding hydrogens is 528 g/mol. The van der Waals surface area contributed by atoms with Gasteiger partial charge in [-0.3, -0.25) is 0 Å². The van der Waals surface area contributed by atoms with Crippen LogP contribution in [0, 0.1) is 31.6 Å². The van der Waals surface area contributed by atoms with Crippen LogP contribution in [-0.2, 0) is 30.3 Å². The Morgan fingerprint density at radius 2 is 1.49 bits per heavy atom. The highest BCUT2D eigenvalue weighted by Gasteiger charge is 2.45. The van der Waals surface area contributed by atoms with E-state index in [2.05, 4.69) is 11.8 Å². The first-order valence-electron chi connectivity index (χ1n) is 13.2. The number of sulfone groups is 1. The summed E-state index contributed by atoms with van der Waals surface area (Å²) in [4.78, 5) is 15.9. The van der Waals surface area contributed by atoms with Gasteiger partial charge in [0, 0.05) is 18.1 Å². The van der Waals surface area contributed by atoms with E-state index in [0.717, 1.165) is 38.7 Å². The minimum absolute atomic E-state index is 0.217. The van der Waals surface area contributed by atoms with Gasteiger partial charge in [0.05, 0.1) is 0 Å². The van der Waals surface area contributed by atoms with Crippen molar-refractivity contribution in [1.29, 1.82) is 0 Å². The van der Waals surface area contributed by atoms with E-state index in [9.17, 15) is 13.2 Å². The average molecular weight is 562 g/mol. The van der Waals surface area contributed by atoms with E-state index in [-0.39, 0.29) is 6.61 Å². The number of aryl methyl sites for hydroxylation is 2. The molecule has 3 aromatic rings. The van der Waals surface area contributed by atoms with Crippen molar-refractivity contribution in [2.24, 2.45) is 5.92 Å². The number of benzene rings is 3. The lowest BCUT2D eigenvalue weighted by atomic mass is 10.1. The second-order valence-corrected chi connectivity index (χ2v) is 14.5. The van der Waals surface area contributed by atoms with Gasteiger partial charge in [0.2, 0.25) is 9.84 Å². The number of hydrogen-bond acceptors (Lipinski definition) is 5. The van der Waals surface area contributed by atoms with Crippen molar-refractivity contribution in [3.05, 3.63) is 71.8 Å². The molecule has 0 radical (unpaired) electrons. The predicted octanol–water partition coefficient (Wildman–Crippen LogP) is 6.44. The second kappa shape index (κ2) is 10.7. The van der Waals surface area contributed by atoms with Crippen molar-refractivity contribution >= 4 is 26.7 Å². The maximum absolute atomic E-state index is 13.3. The quantitative estimate of drug-likeness (QED) is 0.159. The maximum Gasteiger partial charge on any atom is 0.345 e. The molecule has 1 aliphatic heterocycles. The van der Waals surface area contributed by atoms with E-state index in [1.54, 1.807) is 38.1 Å². The third-order valence-corrected chi connectivity index (χ3v) is 11.4. The van der Waals surface area contributed by atoms with Gasteiger partial charge in [-0.05, 0) is 75.9 Å². The van der Waals surface area contributed by atoms with Gasteiger partial charge in [0.1, 0.15) is 26.4 Å². The topological polar surface area (TPSA) is 69.7 Å². The smallest absolute Gasteiger partial charge is 0.345 e. The maximum atomic E-state index is 13.3. The SMILES string of the molecule is Cc1cc([S+]2c3ccccc3S(=O)(=O)c3ccccc32)cc(C)c1OCC(=O)OC(C)(C)C#CC1CCCC1. The van der Waals surface area contributed by atoms with E-state index in [0.29, 0.717) is 21.5 Å². The van der Waals surface area contributed by atoms with E-state index in [1.165, 1.54) is 12.8 Å². The van der Waals surface area contributed by atoms with Crippen LogP contribution in [-0.4, -0.2) is 26.6 Å². The zero-order valence-corrected chi connectivity index (χ0v) is 24.4. The molecule has 0 spiro atoms. The molecular formula is C32H33O5S2+. The Morgan fingerprint density at radius 3 is 2.05 bits per heavy atom. The van der Waals surface area contributed by atoms with Crippen LogP contribution in [0.3, 0.4) is 0 Å². The minimum Gasteiger partial charge on any atom is -0.481 e. The summed E-state index contributed by atoms with van der Waals surface area (Å²) in [6.07, 6.45) is 4.65. The highest BCUT2D eigenvalue weighted by Crippen LogP contribution is 2.45. The summed E-state index contributed by atoms with van der Waals surface area (Å²) in [6.45, 7) is 7.27. The van der Waals surface area contributed by atoms with Gasteiger partial charge in [0.25, 0.3) is 0 Å². The lowest BCUT2D eigenvalue weighted by molar-refractivity contribution is -0.154. The number of rotatable bonds is 5.